The molecule has 2 N–H and O–H groups in total. The molecule has 0 saturated carbocycles. The standard InChI is InChI=1S/C46H36N4/c47-46(34-17-5-2-6-18-34)48-41(33-15-3-1-4-16-33)28-27-32-29-35(49-42-23-11-7-19-37(42)38-20-8-12-24-43(38)49)31-36(30-32)50-44-25-13-9-21-39(44)40-22-10-14-26-45(40)50/h1,3-5,7-26,28-31H,2,6,27H2,(H2,47,48)/b41-28-. The molecule has 4 nitrogen and oxygen atoms in total. The molecule has 0 bridgehead atoms. The molecular formula is C46H36N4. The predicted octanol–water partition coefficient (Wildman–Crippen LogP) is 11.1. The number of hydrogen-bond donors (Lipinski definition) is 1. The molecule has 1 aliphatic carbocycles. The molecule has 4 heteroatoms. The highest BCUT2D eigenvalue weighted by Gasteiger charge is 2.17. The van der Waals surface area contributed by atoms with Gasteiger partial charge in [-0.25, -0.2) is 4.99 Å². The Bertz CT molecular complexity index is 2440. The van der Waals surface area contributed by atoms with Gasteiger partial charge in [-0.2, -0.15) is 0 Å². The van der Waals surface area contributed by atoms with Crippen LogP contribution in [0, 0.1) is 0 Å². The summed E-state index contributed by atoms with van der Waals surface area (Å²) in [4.78, 5) is 5.02. The van der Waals surface area contributed by atoms with Crippen LogP contribution in [0.4, 0.5) is 0 Å². The number of aromatic nitrogens is 2. The fraction of sp³-hybridized carbons (Fsp3) is 0.0652. The van der Waals surface area contributed by atoms with E-state index in [0.717, 1.165) is 41.1 Å². The van der Waals surface area contributed by atoms with E-state index >= 15 is 0 Å². The van der Waals surface area contributed by atoms with Crippen molar-refractivity contribution in [1.29, 1.82) is 0 Å². The molecule has 0 aliphatic heterocycles. The van der Waals surface area contributed by atoms with Gasteiger partial charge in [-0.05, 0) is 72.9 Å². The van der Waals surface area contributed by atoms with E-state index in [9.17, 15) is 0 Å². The highest BCUT2D eigenvalue weighted by molar-refractivity contribution is 6.10. The smallest absolute Gasteiger partial charge is 0.131 e. The molecule has 0 radical (unpaired) electrons. The molecule has 2 aromatic heterocycles. The zero-order valence-corrected chi connectivity index (χ0v) is 27.7. The summed E-state index contributed by atoms with van der Waals surface area (Å²) >= 11 is 0. The van der Waals surface area contributed by atoms with Gasteiger partial charge in [0.05, 0.1) is 27.8 Å². The molecule has 2 heterocycles. The second-order valence-electron chi connectivity index (χ2n) is 12.9. The van der Waals surface area contributed by atoms with Gasteiger partial charge in [0.15, 0.2) is 0 Å². The average molecular weight is 645 g/mol. The molecule has 6 aromatic carbocycles. The molecule has 0 fully saturated rings. The van der Waals surface area contributed by atoms with Gasteiger partial charge in [-0.1, -0.05) is 127 Å². The maximum atomic E-state index is 6.63. The first-order chi connectivity index (χ1) is 24.7. The van der Waals surface area contributed by atoms with Crippen LogP contribution in [0.2, 0.25) is 0 Å². The van der Waals surface area contributed by atoms with E-state index in [1.807, 2.05) is 6.07 Å². The van der Waals surface area contributed by atoms with Gasteiger partial charge >= 0.3 is 0 Å². The van der Waals surface area contributed by atoms with Crippen molar-refractivity contribution >= 4 is 55.1 Å². The molecule has 9 rings (SSSR count). The van der Waals surface area contributed by atoms with E-state index in [1.54, 1.807) is 0 Å². The fourth-order valence-corrected chi connectivity index (χ4v) is 7.48. The number of fused-ring (bicyclic) bond motifs is 6. The fourth-order valence-electron chi connectivity index (χ4n) is 7.48. The van der Waals surface area contributed by atoms with Crippen LogP contribution in [0.3, 0.4) is 0 Å². The minimum Gasteiger partial charge on any atom is -0.383 e. The van der Waals surface area contributed by atoms with Crippen molar-refractivity contribution in [3.8, 4) is 11.4 Å². The van der Waals surface area contributed by atoms with Crippen molar-refractivity contribution in [2.75, 3.05) is 0 Å². The minimum absolute atomic E-state index is 0.543. The third-order valence-corrected chi connectivity index (χ3v) is 9.77. The molecule has 0 unspecified atom stereocenters. The van der Waals surface area contributed by atoms with E-state index in [2.05, 4.69) is 173 Å². The summed E-state index contributed by atoms with van der Waals surface area (Å²) in [5.74, 6) is 0.543. The molecule has 50 heavy (non-hydrogen) atoms. The van der Waals surface area contributed by atoms with Crippen LogP contribution in [-0.4, -0.2) is 15.0 Å². The van der Waals surface area contributed by atoms with Crippen LogP contribution in [-0.2, 0) is 6.42 Å². The number of amidine groups is 1. The highest BCUT2D eigenvalue weighted by atomic mass is 15.0. The van der Waals surface area contributed by atoms with Gasteiger partial charge in [0.25, 0.3) is 0 Å². The Kier molecular flexibility index (Phi) is 7.47. The largest absolute Gasteiger partial charge is 0.383 e. The molecule has 240 valence electrons. The number of para-hydroxylation sites is 4. The Balaban J connectivity index is 1.27. The van der Waals surface area contributed by atoms with Gasteiger partial charge in [0.2, 0.25) is 0 Å². The molecule has 0 atom stereocenters. The second-order valence-corrected chi connectivity index (χ2v) is 12.9. The Morgan fingerprint density at radius 3 is 1.54 bits per heavy atom. The number of aliphatic imine (C=N–C) groups is 1. The SMILES string of the molecule is NC(=N/C(=C\Cc1cc(-n2c3ccccc3c3ccccc32)cc(-n2c3ccccc3c3ccccc32)c1)c1ccccc1)C1=CCCC=C1. The number of nitrogens with zero attached hydrogens (tertiary/aromatic N) is 3. The Hall–Kier alpha value is -6.39. The summed E-state index contributed by atoms with van der Waals surface area (Å²) in [6.07, 6.45) is 11.3. The molecule has 0 spiro atoms. The van der Waals surface area contributed by atoms with E-state index in [-0.39, 0.29) is 0 Å². The number of nitrogens with two attached hydrogens (primary N) is 1. The van der Waals surface area contributed by atoms with Crippen molar-refractivity contribution in [3.63, 3.8) is 0 Å². The Labute approximate surface area is 291 Å². The van der Waals surface area contributed by atoms with Crippen LogP contribution in [0.25, 0.3) is 60.7 Å². The highest BCUT2D eigenvalue weighted by Crippen LogP contribution is 2.36. The molecule has 1 aliphatic rings. The zero-order valence-electron chi connectivity index (χ0n) is 27.7. The minimum atomic E-state index is 0.543. The number of benzene rings is 6. The Morgan fingerprint density at radius 1 is 0.580 bits per heavy atom. The third-order valence-electron chi connectivity index (χ3n) is 9.77. The summed E-state index contributed by atoms with van der Waals surface area (Å²) < 4.78 is 4.82. The van der Waals surface area contributed by atoms with Crippen LogP contribution in [0.1, 0.15) is 24.0 Å². The summed E-state index contributed by atoms with van der Waals surface area (Å²) in [6, 6.07) is 52.1. The summed E-state index contributed by atoms with van der Waals surface area (Å²) in [5, 5.41) is 4.98. The number of allylic oxidation sites excluding steroid dienone is 3. The monoisotopic (exact) mass is 644 g/mol. The first-order valence-corrected chi connectivity index (χ1v) is 17.3. The van der Waals surface area contributed by atoms with Crippen molar-refractivity contribution in [2.24, 2.45) is 10.7 Å². The van der Waals surface area contributed by atoms with E-state index in [1.165, 1.54) is 49.2 Å². The number of hydrogen-bond acceptors (Lipinski definition) is 1. The van der Waals surface area contributed by atoms with Crippen LogP contribution >= 0.6 is 0 Å². The quantitative estimate of drug-likeness (QED) is 0.136. The normalized spacial score (nSPS) is 13.9. The van der Waals surface area contributed by atoms with Gasteiger partial charge in [0, 0.05) is 38.5 Å². The zero-order chi connectivity index (χ0) is 33.4. The van der Waals surface area contributed by atoms with Gasteiger partial charge in [-0.15, -0.1) is 0 Å². The number of rotatable bonds is 7. The van der Waals surface area contributed by atoms with E-state index < -0.39 is 0 Å². The maximum absolute atomic E-state index is 6.63. The van der Waals surface area contributed by atoms with Crippen molar-refractivity contribution < 1.29 is 0 Å². The summed E-state index contributed by atoms with van der Waals surface area (Å²) in [5.41, 5.74) is 17.7. The second kappa shape index (κ2) is 12.6. The first kappa shape index (κ1) is 29.7. The van der Waals surface area contributed by atoms with Crippen LogP contribution in [0.5, 0.6) is 0 Å². The summed E-state index contributed by atoms with van der Waals surface area (Å²) in [7, 11) is 0. The average Bonchev–Trinajstić information content (AvgIpc) is 3.70. The van der Waals surface area contributed by atoms with E-state index in [0.29, 0.717) is 12.3 Å². The lowest BCUT2D eigenvalue weighted by molar-refractivity contribution is 1.03. The topological polar surface area (TPSA) is 48.2 Å². The third kappa shape index (κ3) is 5.22. The predicted molar refractivity (Wildman–Crippen MR) is 211 cm³/mol. The van der Waals surface area contributed by atoms with Crippen LogP contribution < -0.4 is 5.73 Å². The lowest BCUT2D eigenvalue weighted by atomic mass is 10.0. The molecule has 8 aromatic rings. The lowest BCUT2D eigenvalue weighted by Crippen LogP contribution is -2.15. The molecular weight excluding hydrogens is 609 g/mol. The molecule has 0 saturated heterocycles. The van der Waals surface area contributed by atoms with E-state index in [4.69, 9.17) is 10.7 Å². The van der Waals surface area contributed by atoms with Gasteiger partial charge in [-0.3, -0.25) is 0 Å². The van der Waals surface area contributed by atoms with Gasteiger partial charge < -0.3 is 14.9 Å². The van der Waals surface area contributed by atoms with Gasteiger partial charge in [0.1, 0.15) is 5.84 Å². The van der Waals surface area contributed by atoms with Crippen molar-refractivity contribution in [1.82, 2.24) is 9.13 Å². The van der Waals surface area contributed by atoms with Crippen molar-refractivity contribution in [3.05, 3.63) is 187 Å². The first-order valence-electron chi connectivity index (χ1n) is 17.3. The lowest BCUT2D eigenvalue weighted by Gasteiger charge is -2.15. The van der Waals surface area contributed by atoms with Crippen LogP contribution in [0.15, 0.2) is 180 Å². The van der Waals surface area contributed by atoms with Crippen molar-refractivity contribution in [2.45, 2.75) is 19.3 Å². The summed E-state index contributed by atoms with van der Waals surface area (Å²) in [6.45, 7) is 0. The maximum Gasteiger partial charge on any atom is 0.131 e. The molecule has 0 amide bonds. The Morgan fingerprint density at radius 2 is 1.06 bits per heavy atom.